The Morgan fingerprint density at radius 3 is 2.62 bits per heavy atom. The normalized spacial score (nSPS) is 39.8. The number of hydrogen-bond donors (Lipinski definition) is 1. The van der Waals surface area contributed by atoms with Gasteiger partial charge in [-0.1, -0.05) is 30.3 Å². The molecule has 4 rings (SSSR count). The number of rotatable bonds is 3. The molecule has 1 aromatic rings. The second kappa shape index (κ2) is 5.36. The average Bonchev–Trinajstić information content (AvgIpc) is 3.16. The Morgan fingerprint density at radius 1 is 1.19 bits per heavy atom. The highest BCUT2D eigenvalue weighted by atomic mass is 16.7. The molecule has 21 heavy (non-hydrogen) atoms. The highest BCUT2D eigenvalue weighted by molar-refractivity contribution is 5.20. The molecule has 0 aromatic heterocycles. The fraction of sp³-hybridized carbons (Fsp3) is 0.647. The molecular formula is C17H24N2O2. The number of likely N-dealkylation sites (tertiary alicyclic amines) is 1. The minimum Gasteiger partial charge on any atom is -0.343 e. The maximum Gasteiger partial charge on any atom is 0.192 e. The van der Waals surface area contributed by atoms with E-state index in [4.69, 9.17) is 9.47 Å². The second-order valence-corrected chi connectivity index (χ2v) is 6.76. The molecule has 0 saturated carbocycles. The molecule has 0 spiro atoms. The molecule has 3 aliphatic rings. The molecule has 3 saturated heterocycles. The molecule has 0 aliphatic carbocycles. The van der Waals surface area contributed by atoms with Gasteiger partial charge in [0.1, 0.15) is 0 Å². The van der Waals surface area contributed by atoms with E-state index in [1.54, 1.807) is 0 Å². The smallest absolute Gasteiger partial charge is 0.192 e. The minimum absolute atomic E-state index is 0.182. The van der Waals surface area contributed by atoms with Gasteiger partial charge in [-0.2, -0.15) is 0 Å². The number of fused-ring (bicyclic) bond motifs is 1. The number of nitrogens with zero attached hydrogens (tertiary/aromatic N) is 1. The predicted octanol–water partition coefficient (Wildman–Crippen LogP) is 1.43. The molecular weight excluding hydrogens is 264 g/mol. The average molecular weight is 288 g/mol. The summed E-state index contributed by atoms with van der Waals surface area (Å²) in [5, 5.41) is 3.49. The van der Waals surface area contributed by atoms with Crippen LogP contribution in [0.2, 0.25) is 0 Å². The van der Waals surface area contributed by atoms with Gasteiger partial charge in [0.25, 0.3) is 0 Å². The zero-order chi connectivity index (χ0) is 14.3. The summed E-state index contributed by atoms with van der Waals surface area (Å²) in [4.78, 5) is 2.56. The van der Waals surface area contributed by atoms with E-state index in [1.807, 2.05) is 25.1 Å². The van der Waals surface area contributed by atoms with E-state index in [1.165, 1.54) is 26.2 Å². The van der Waals surface area contributed by atoms with Crippen LogP contribution in [0.5, 0.6) is 0 Å². The summed E-state index contributed by atoms with van der Waals surface area (Å²) >= 11 is 0. The van der Waals surface area contributed by atoms with Gasteiger partial charge >= 0.3 is 0 Å². The molecule has 0 amide bonds. The van der Waals surface area contributed by atoms with Crippen LogP contribution in [0.1, 0.15) is 12.5 Å². The first kappa shape index (κ1) is 13.7. The Kier molecular flexibility index (Phi) is 3.50. The van der Waals surface area contributed by atoms with Crippen LogP contribution < -0.4 is 5.32 Å². The molecule has 3 aliphatic heterocycles. The van der Waals surface area contributed by atoms with Crippen molar-refractivity contribution in [2.75, 3.05) is 39.3 Å². The predicted molar refractivity (Wildman–Crippen MR) is 80.9 cm³/mol. The number of ether oxygens (including phenoxy) is 2. The third-order valence-corrected chi connectivity index (χ3v) is 5.16. The lowest BCUT2D eigenvalue weighted by Gasteiger charge is -2.25. The Balaban J connectivity index is 1.36. The highest BCUT2D eigenvalue weighted by Gasteiger charge is 2.42. The van der Waals surface area contributed by atoms with Gasteiger partial charge in [0.15, 0.2) is 5.79 Å². The molecule has 3 heterocycles. The van der Waals surface area contributed by atoms with Crippen molar-refractivity contribution in [2.24, 2.45) is 11.8 Å². The van der Waals surface area contributed by atoms with Crippen LogP contribution in [-0.2, 0) is 15.3 Å². The monoisotopic (exact) mass is 288 g/mol. The lowest BCUT2D eigenvalue weighted by atomic mass is 10.0. The van der Waals surface area contributed by atoms with Crippen LogP contribution in [0, 0.1) is 11.8 Å². The van der Waals surface area contributed by atoms with Crippen molar-refractivity contribution in [3.05, 3.63) is 35.9 Å². The van der Waals surface area contributed by atoms with Gasteiger partial charge in [0.05, 0.1) is 12.7 Å². The van der Waals surface area contributed by atoms with Crippen LogP contribution in [0.15, 0.2) is 30.3 Å². The molecule has 114 valence electrons. The van der Waals surface area contributed by atoms with E-state index < -0.39 is 5.79 Å². The molecule has 3 fully saturated rings. The zero-order valence-corrected chi connectivity index (χ0v) is 12.6. The van der Waals surface area contributed by atoms with Gasteiger partial charge in [-0.15, -0.1) is 0 Å². The third-order valence-electron chi connectivity index (χ3n) is 5.16. The van der Waals surface area contributed by atoms with Gasteiger partial charge < -0.3 is 14.8 Å². The fourth-order valence-electron chi connectivity index (χ4n) is 4.01. The summed E-state index contributed by atoms with van der Waals surface area (Å²) in [5.41, 5.74) is 1.11. The van der Waals surface area contributed by atoms with Gasteiger partial charge in [0, 0.05) is 25.2 Å². The van der Waals surface area contributed by atoms with Gasteiger partial charge in [-0.25, -0.2) is 0 Å². The molecule has 1 N–H and O–H groups in total. The fourth-order valence-corrected chi connectivity index (χ4v) is 4.01. The molecule has 1 aromatic carbocycles. The summed E-state index contributed by atoms with van der Waals surface area (Å²) in [6.07, 6.45) is 0.182. The Hall–Kier alpha value is -0.940. The minimum atomic E-state index is -0.580. The van der Waals surface area contributed by atoms with Crippen molar-refractivity contribution in [1.82, 2.24) is 10.2 Å². The van der Waals surface area contributed by atoms with Crippen LogP contribution in [0.25, 0.3) is 0 Å². The molecule has 4 unspecified atom stereocenters. The van der Waals surface area contributed by atoms with E-state index in [-0.39, 0.29) is 6.10 Å². The maximum absolute atomic E-state index is 6.24. The van der Waals surface area contributed by atoms with E-state index in [2.05, 4.69) is 22.3 Å². The number of hydrogen-bond acceptors (Lipinski definition) is 4. The lowest BCUT2D eigenvalue weighted by molar-refractivity contribution is -0.163. The largest absolute Gasteiger partial charge is 0.343 e. The van der Waals surface area contributed by atoms with E-state index in [0.717, 1.165) is 23.9 Å². The molecule has 0 radical (unpaired) electrons. The van der Waals surface area contributed by atoms with Gasteiger partial charge in [0.2, 0.25) is 0 Å². The standard InChI is InChI=1S/C17H24N2O2/c1-17(15-5-3-2-4-6-15)20-12-16(21-17)11-19-9-13-7-18-8-14(13)10-19/h2-6,13-14,16,18H,7-12H2,1H3. The lowest BCUT2D eigenvalue weighted by Crippen LogP contribution is -2.35. The van der Waals surface area contributed by atoms with Gasteiger partial charge in [-0.05, 0) is 31.8 Å². The SMILES string of the molecule is CC1(c2ccccc2)OCC(CN2CC3CNCC3C2)O1. The van der Waals surface area contributed by atoms with Crippen LogP contribution in [-0.4, -0.2) is 50.3 Å². The molecule has 4 atom stereocenters. The first-order valence-corrected chi connectivity index (χ1v) is 8.03. The summed E-state index contributed by atoms with van der Waals surface area (Å²) < 4.78 is 12.2. The Morgan fingerprint density at radius 2 is 1.90 bits per heavy atom. The molecule has 4 nitrogen and oxygen atoms in total. The highest BCUT2D eigenvalue weighted by Crippen LogP contribution is 2.35. The first-order valence-electron chi connectivity index (χ1n) is 8.03. The summed E-state index contributed by atoms with van der Waals surface area (Å²) in [6, 6.07) is 10.3. The van der Waals surface area contributed by atoms with Crippen LogP contribution in [0.4, 0.5) is 0 Å². The summed E-state index contributed by atoms with van der Waals surface area (Å²) in [6.45, 7) is 8.50. The van der Waals surface area contributed by atoms with Crippen molar-refractivity contribution < 1.29 is 9.47 Å². The molecule has 0 bridgehead atoms. The topological polar surface area (TPSA) is 33.7 Å². The van der Waals surface area contributed by atoms with Crippen molar-refractivity contribution >= 4 is 0 Å². The Bertz CT molecular complexity index is 483. The third kappa shape index (κ3) is 2.61. The maximum atomic E-state index is 6.24. The summed E-state index contributed by atoms with van der Waals surface area (Å²) in [5.74, 6) is 1.10. The van der Waals surface area contributed by atoms with Crippen LogP contribution in [0.3, 0.4) is 0 Å². The zero-order valence-electron chi connectivity index (χ0n) is 12.6. The second-order valence-electron chi connectivity index (χ2n) is 6.76. The van der Waals surface area contributed by atoms with Crippen molar-refractivity contribution in [2.45, 2.75) is 18.8 Å². The molecule has 4 heteroatoms. The first-order chi connectivity index (χ1) is 10.2. The van der Waals surface area contributed by atoms with Gasteiger partial charge in [-0.3, -0.25) is 4.90 Å². The quantitative estimate of drug-likeness (QED) is 0.912. The van der Waals surface area contributed by atoms with Crippen molar-refractivity contribution in [3.63, 3.8) is 0 Å². The number of benzene rings is 1. The van der Waals surface area contributed by atoms with E-state index >= 15 is 0 Å². The number of nitrogens with one attached hydrogen (secondary N) is 1. The van der Waals surface area contributed by atoms with Crippen molar-refractivity contribution in [3.8, 4) is 0 Å². The van der Waals surface area contributed by atoms with E-state index in [9.17, 15) is 0 Å². The Labute approximate surface area is 126 Å². The van der Waals surface area contributed by atoms with E-state index in [0.29, 0.717) is 6.61 Å². The summed E-state index contributed by atoms with van der Waals surface area (Å²) in [7, 11) is 0. The van der Waals surface area contributed by atoms with Crippen molar-refractivity contribution in [1.29, 1.82) is 0 Å². The van der Waals surface area contributed by atoms with Crippen LogP contribution >= 0.6 is 0 Å².